The van der Waals surface area contributed by atoms with Gasteiger partial charge < -0.3 is 10.2 Å². The molecule has 0 aliphatic carbocycles. The van der Waals surface area contributed by atoms with Crippen LogP contribution in [0.1, 0.15) is 26.7 Å². The third-order valence-corrected chi connectivity index (χ3v) is 3.28. The molecular formula is C13H21N3. The molecule has 2 heterocycles. The molecule has 3 heteroatoms. The van der Waals surface area contributed by atoms with Crippen LogP contribution in [0.5, 0.6) is 0 Å². The monoisotopic (exact) mass is 219 g/mol. The SMILES string of the molecule is CCNc1cccc(N2CCC(CC)C2)n1. The van der Waals surface area contributed by atoms with Gasteiger partial charge in [-0.25, -0.2) is 4.98 Å². The normalized spacial score (nSPS) is 20.1. The van der Waals surface area contributed by atoms with Crippen LogP contribution in [0, 0.1) is 5.92 Å². The molecule has 1 unspecified atom stereocenters. The molecule has 88 valence electrons. The summed E-state index contributed by atoms with van der Waals surface area (Å²) in [5, 5.41) is 3.26. The first-order valence-electron chi connectivity index (χ1n) is 6.29. The van der Waals surface area contributed by atoms with Gasteiger partial charge in [0.05, 0.1) is 0 Å². The quantitative estimate of drug-likeness (QED) is 0.844. The minimum Gasteiger partial charge on any atom is -0.370 e. The maximum Gasteiger partial charge on any atom is 0.130 e. The average Bonchev–Trinajstić information content (AvgIpc) is 2.78. The Balaban J connectivity index is 2.06. The number of nitrogens with zero attached hydrogens (tertiary/aromatic N) is 2. The summed E-state index contributed by atoms with van der Waals surface area (Å²) in [5.74, 6) is 2.96. The Morgan fingerprint density at radius 1 is 1.44 bits per heavy atom. The summed E-state index contributed by atoms with van der Waals surface area (Å²) in [7, 11) is 0. The fourth-order valence-corrected chi connectivity index (χ4v) is 2.25. The van der Waals surface area contributed by atoms with Crippen molar-refractivity contribution in [1.82, 2.24) is 4.98 Å². The molecule has 16 heavy (non-hydrogen) atoms. The Hall–Kier alpha value is -1.25. The number of hydrogen-bond acceptors (Lipinski definition) is 3. The Morgan fingerprint density at radius 3 is 3.00 bits per heavy atom. The van der Waals surface area contributed by atoms with Crippen LogP contribution < -0.4 is 10.2 Å². The van der Waals surface area contributed by atoms with Gasteiger partial charge in [0.25, 0.3) is 0 Å². The van der Waals surface area contributed by atoms with Crippen LogP contribution >= 0.6 is 0 Å². The molecule has 0 spiro atoms. The summed E-state index contributed by atoms with van der Waals surface area (Å²) in [6, 6.07) is 6.22. The molecule has 3 nitrogen and oxygen atoms in total. The zero-order valence-corrected chi connectivity index (χ0v) is 10.2. The predicted octanol–water partition coefficient (Wildman–Crippen LogP) is 2.75. The molecular weight excluding hydrogens is 198 g/mol. The van der Waals surface area contributed by atoms with Crippen LogP contribution in [-0.2, 0) is 0 Å². The van der Waals surface area contributed by atoms with Crippen molar-refractivity contribution in [2.45, 2.75) is 26.7 Å². The summed E-state index contributed by atoms with van der Waals surface area (Å²) < 4.78 is 0. The standard InChI is InChI=1S/C13H21N3/c1-3-11-8-9-16(10-11)13-7-5-6-12(15-13)14-4-2/h5-7,11H,3-4,8-10H2,1-2H3,(H,14,15). The molecule has 0 bridgehead atoms. The van der Waals surface area contributed by atoms with Gasteiger partial charge in [-0.3, -0.25) is 0 Å². The second-order valence-electron chi connectivity index (χ2n) is 4.42. The van der Waals surface area contributed by atoms with Crippen LogP contribution in [0.4, 0.5) is 11.6 Å². The highest BCUT2D eigenvalue weighted by Gasteiger charge is 2.21. The van der Waals surface area contributed by atoms with E-state index in [9.17, 15) is 0 Å². The molecule has 1 aromatic heterocycles. The van der Waals surface area contributed by atoms with Crippen molar-refractivity contribution in [2.24, 2.45) is 5.92 Å². The maximum absolute atomic E-state index is 4.63. The molecule has 0 amide bonds. The highest BCUT2D eigenvalue weighted by Crippen LogP contribution is 2.24. The number of aromatic nitrogens is 1. The summed E-state index contributed by atoms with van der Waals surface area (Å²) in [6.07, 6.45) is 2.59. The van der Waals surface area contributed by atoms with E-state index < -0.39 is 0 Å². The first kappa shape index (κ1) is 11.2. The van der Waals surface area contributed by atoms with E-state index in [1.807, 2.05) is 6.07 Å². The predicted molar refractivity (Wildman–Crippen MR) is 69.0 cm³/mol. The lowest BCUT2D eigenvalue weighted by atomic mass is 10.1. The average molecular weight is 219 g/mol. The highest BCUT2D eigenvalue weighted by molar-refractivity contribution is 5.47. The number of anilines is 2. The van der Waals surface area contributed by atoms with Crippen LogP contribution in [-0.4, -0.2) is 24.6 Å². The van der Waals surface area contributed by atoms with Crippen molar-refractivity contribution in [3.05, 3.63) is 18.2 Å². The van der Waals surface area contributed by atoms with E-state index >= 15 is 0 Å². The van der Waals surface area contributed by atoms with Crippen molar-refractivity contribution in [3.63, 3.8) is 0 Å². The fraction of sp³-hybridized carbons (Fsp3) is 0.615. The van der Waals surface area contributed by atoms with Crippen molar-refractivity contribution < 1.29 is 0 Å². The zero-order valence-electron chi connectivity index (χ0n) is 10.2. The molecule has 1 atom stereocenters. The third-order valence-electron chi connectivity index (χ3n) is 3.28. The molecule has 1 aromatic rings. The minimum atomic E-state index is 0.851. The van der Waals surface area contributed by atoms with Gasteiger partial charge in [-0.15, -0.1) is 0 Å². The van der Waals surface area contributed by atoms with Gasteiger partial charge >= 0.3 is 0 Å². The van der Waals surface area contributed by atoms with E-state index in [-0.39, 0.29) is 0 Å². The van der Waals surface area contributed by atoms with E-state index in [1.165, 1.54) is 19.4 Å². The van der Waals surface area contributed by atoms with Gasteiger partial charge in [0.15, 0.2) is 0 Å². The number of rotatable bonds is 4. The van der Waals surface area contributed by atoms with Gasteiger partial charge in [0.2, 0.25) is 0 Å². The van der Waals surface area contributed by atoms with Crippen molar-refractivity contribution in [3.8, 4) is 0 Å². The second kappa shape index (κ2) is 5.19. The number of nitrogens with one attached hydrogen (secondary N) is 1. The first-order valence-corrected chi connectivity index (χ1v) is 6.29. The van der Waals surface area contributed by atoms with Crippen LogP contribution in [0.25, 0.3) is 0 Å². The third kappa shape index (κ3) is 2.46. The molecule has 1 aliphatic heterocycles. The molecule has 0 saturated carbocycles. The van der Waals surface area contributed by atoms with Gasteiger partial charge in [-0.1, -0.05) is 19.4 Å². The number of hydrogen-bond donors (Lipinski definition) is 1. The van der Waals surface area contributed by atoms with Gasteiger partial charge in [-0.05, 0) is 31.4 Å². The first-order chi connectivity index (χ1) is 7.83. The van der Waals surface area contributed by atoms with Gasteiger partial charge in [0.1, 0.15) is 11.6 Å². The van der Waals surface area contributed by atoms with Crippen LogP contribution in [0.3, 0.4) is 0 Å². The van der Waals surface area contributed by atoms with E-state index in [0.717, 1.165) is 30.6 Å². The lowest BCUT2D eigenvalue weighted by Crippen LogP contribution is -2.20. The lowest BCUT2D eigenvalue weighted by molar-refractivity contribution is 0.569. The highest BCUT2D eigenvalue weighted by atomic mass is 15.2. The molecule has 1 fully saturated rings. The van der Waals surface area contributed by atoms with Gasteiger partial charge in [0, 0.05) is 19.6 Å². The fourth-order valence-electron chi connectivity index (χ4n) is 2.25. The van der Waals surface area contributed by atoms with Crippen LogP contribution in [0.15, 0.2) is 18.2 Å². The van der Waals surface area contributed by atoms with Crippen molar-refractivity contribution >= 4 is 11.6 Å². The molecule has 1 saturated heterocycles. The Kier molecular flexibility index (Phi) is 3.65. The summed E-state index contributed by atoms with van der Waals surface area (Å²) in [4.78, 5) is 7.03. The van der Waals surface area contributed by atoms with Crippen molar-refractivity contribution in [2.75, 3.05) is 29.9 Å². The second-order valence-corrected chi connectivity index (χ2v) is 4.42. The molecule has 1 N–H and O–H groups in total. The van der Waals surface area contributed by atoms with Gasteiger partial charge in [-0.2, -0.15) is 0 Å². The zero-order chi connectivity index (χ0) is 11.4. The Bertz CT molecular complexity index is 338. The largest absolute Gasteiger partial charge is 0.370 e. The smallest absolute Gasteiger partial charge is 0.130 e. The van der Waals surface area contributed by atoms with E-state index in [0.29, 0.717) is 0 Å². The van der Waals surface area contributed by atoms with Crippen LogP contribution in [0.2, 0.25) is 0 Å². The Labute approximate surface area is 97.9 Å². The lowest BCUT2D eigenvalue weighted by Gasteiger charge is -2.18. The van der Waals surface area contributed by atoms with E-state index in [2.05, 4.69) is 41.2 Å². The molecule has 0 aromatic carbocycles. The summed E-state index contributed by atoms with van der Waals surface area (Å²) in [6.45, 7) is 7.61. The topological polar surface area (TPSA) is 28.2 Å². The Morgan fingerprint density at radius 2 is 2.31 bits per heavy atom. The number of pyridine rings is 1. The minimum absolute atomic E-state index is 0.851. The molecule has 1 aliphatic rings. The van der Waals surface area contributed by atoms with Crippen molar-refractivity contribution in [1.29, 1.82) is 0 Å². The summed E-state index contributed by atoms with van der Waals surface area (Å²) >= 11 is 0. The molecule has 2 rings (SSSR count). The summed E-state index contributed by atoms with van der Waals surface area (Å²) in [5.41, 5.74) is 0. The van der Waals surface area contributed by atoms with E-state index in [1.54, 1.807) is 0 Å². The van der Waals surface area contributed by atoms with E-state index in [4.69, 9.17) is 0 Å². The maximum atomic E-state index is 4.63. The molecule has 0 radical (unpaired) electrons.